The van der Waals surface area contributed by atoms with Crippen molar-refractivity contribution in [2.45, 2.75) is 26.0 Å². The van der Waals surface area contributed by atoms with Gasteiger partial charge in [-0.25, -0.2) is 4.39 Å². The second-order valence-corrected chi connectivity index (χ2v) is 4.10. The van der Waals surface area contributed by atoms with Crippen LogP contribution in [0.25, 0.3) is 0 Å². The van der Waals surface area contributed by atoms with Gasteiger partial charge in [-0.1, -0.05) is 6.07 Å². The topological polar surface area (TPSA) is 64.7 Å². The molecule has 0 radical (unpaired) electrons. The van der Waals surface area contributed by atoms with Crippen LogP contribution in [0.4, 0.5) is 4.39 Å². The highest BCUT2D eigenvalue weighted by Crippen LogP contribution is 2.24. The number of hydrogen-bond donors (Lipinski definition) is 2. The fraction of sp³-hybridized carbons (Fsp3) is 0.538. The minimum absolute atomic E-state index is 0.0448. The average Bonchev–Trinajstić information content (AvgIpc) is 2.33. The monoisotopic (exact) mass is 257 g/mol. The van der Waals surface area contributed by atoms with Gasteiger partial charge in [-0.05, 0) is 19.9 Å². The third-order valence-electron chi connectivity index (χ3n) is 2.41. The lowest BCUT2D eigenvalue weighted by molar-refractivity contribution is 0.0161. The Bertz CT molecular complexity index is 371. The lowest BCUT2D eigenvalue weighted by Crippen LogP contribution is -2.24. The van der Waals surface area contributed by atoms with E-state index in [4.69, 9.17) is 15.2 Å². The van der Waals surface area contributed by atoms with E-state index in [2.05, 4.69) is 0 Å². The lowest BCUT2D eigenvalue weighted by Gasteiger charge is -2.16. The second-order valence-electron chi connectivity index (χ2n) is 4.10. The number of rotatable bonds is 7. The van der Waals surface area contributed by atoms with Crippen LogP contribution in [-0.2, 0) is 4.74 Å². The molecule has 3 N–H and O–H groups in total. The molecule has 0 bridgehead atoms. The lowest BCUT2D eigenvalue weighted by atomic mass is 10.1. The van der Waals surface area contributed by atoms with E-state index in [1.54, 1.807) is 13.0 Å². The Balaban J connectivity index is 2.62. The summed E-state index contributed by atoms with van der Waals surface area (Å²) in [5.74, 6) is -0.0331. The van der Waals surface area contributed by atoms with E-state index < -0.39 is 11.9 Å². The van der Waals surface area contributed by atoms with Gasteiger partial charge in [0.2, 0.25) is 0 Å². The van der Waals surface area contributed by atoms with Gasteiger partial charge >= 0.3 is 0 Å². The van der Waals surface area contributed by atoms with Crippen LogP contribution in [0.5, 0.6) is 5.75 Å². The molecule has 0 spiro atoms. The summed E-state index contributed by atoms with van der Waals surface area (Å²) in [6.07, 6.45) is -0.742. The van der Waals surface area contributed by atoms with E-state index in [-0.39, 0.29) is 19.3 Å². The van der Waals surface area contributed by atoms with Crippen LogP contribution in [0, 0.1) is 5.82 Å². The molecule has 4 nitrogen and oxygen atoms in total. The maximum Gasteiger partial charge on any atom is 0.127 e. The Morgan fingerprint density at radius 2 is 2.11 bits per heavy atom. The first-order chi connectivity index (χ1) is 8.54. The number of aliphatic hydroxyl groups excluding tert-OH is 1. The highest BCUT2D eigenvalue weighted by molar-refractivity contribution is 5.36. The predicted molar refractivity (Wildman–Crippen MR) is 67.0 cm³/mol. The van der Waals surface area contributed by atoms with Crippen LogP contribution in [0.1, 0.15) is 25.5 Å². The quantitative estimate of drug-likeness (QED) is 0.779. The van der Waals surface area contributed by atoms with Crippen molar-refractivity contribution in [3.63, 3.8) is 0 Å². The smallest absolute Gasteiger partial charge is 0.127 e. The van der Waals surface area contributed by atoms with Gasteiger partial charge in [0.15, 0.2) is 0 Å². The summed E-state index contributed by atoms with van der Waals surface area (Å²) in [5.41, 5.74) is 6.47. The fourth-order valence-electron chi connectivity index (χ4n) is 1.50. The number of hydrogen-bond acceptors (Lipinski definition) is 4. The van der Waals surface area contributed by atoms with Gasteiger partial charge in [0.25, 0.3) is 0 Å². The molecule has 0 fully saturated rings. The highest BCUT2D eigenvalue weighted by atomic mass is 19.1. The molecule has 0 aliphatic heterocycles. The third-order valence-corrected chi connectivity index (χ3v) is 2.41. The molecule has 2 unspecified atom stereocenters. The number of ether oxygens (including phenoxy) is 2. The Kier molecular flexibility index (Phi) is 6.04. The zero-order chi connectivity index (χ0) is 13.5. The predicted octanol–water partition coefficient (Wildman–Crippen LogP) is 1.62. The van der Waals surface area contributed by atoms with E-state index in [1.807, 2.05) is 6.92 Å². The molecule has 0 heterocycles. The van der Waals surface area contributed by atoms with Crippen molar-refractivity contribution in [3.05, 3.63) is 29.6 Å². The number of aliphatic hydroxyl groups is 1. The van der Waals surface area contributed by atoms with Crippen molar-refractivity contribution in [2.75, 3.05) is 19.8 Å². The summed E-state index contributed by atoms with van der Waals surface area (Å²) in [5, 5.41) is 9.57. The first kappa shape index (κ1) is 14.9. The first-order valence-corrected chi connectivity index (χ1v) is 5.98. The molecule has 102 valence electrons. The molecule has 1 aromatic carbocycles. The first-order valence-electron chi connectivity index (χ1n) is 5.98. The van der Waals surface area contributed by atoms with Crippen LogP contribution in [-0.4, -0.2) is 31.0 Å². The van der Waals surface area contributed by atoms with Crippen LogP contribution < -0.4 is 10.5 Å². The Hall–Kier alpha value is -1.17. The van der Waals surface area contributed by atoms with Crippen LogP contribution in [0.15, 0.2) is 18.2 Å². The minimum atomic E-state index is -0.742. The number of nitrogens with two attached hydrogens (primary N) is 1. The molecule has 2 atom stereocenters. The van der Waals surface area contributed by atoms with E-state index >= 15 is 0 Å². The Morgan fingerprint density at radius 1 is 1.39 bits per heavy atom. The van der Waals surface area contributed by atoms with Crippen LogP contribution >= 0.6 is 0 Å². The van der Waals surface area contributed by atoms with Gasteiger partial charge in [-0.3, -0.25) is 0 Å². The standard InChI is InChI=1S/C13H20FNO3/c1-3-17-7-11(16)8-18-13-6-10(14)4-5-12(13)9(2)15/h4-6,9,11,16H,3,7-8,15H2,1-2H3. The summed E-state index contributed by atoms with van der Waals surface area (Å²) in [4.78, 5) is 0. The largest absolute Gasteiger partial charge is 0.490 e. The van der Waals surface area contributed by atoms with E-state index in [9.17, 15) is 9.50 Å². The SMILES string of the molecule is CCOCC(O)COc1cc(F)ccc1C(C)N. The number of benzene rings is 1. The summed E-state index contributed by atoms with van der Waals surface area (Å²) in [7, 11) is 0. The van der Waals surface area contributed by atoms with Gasteiger partial charge in [-0.15, -0.1) is 0 Å². The summed E-state index contributed by atoms with van der Waals surface area (Å²) in [6, 6.07) is 3.93. The van der Waals surface area contributed by atoms with Gasteiger partial charge in [0, 0.05) is 24.3 Å². The molecule has 0 saturated carbocycles. The number of halogens is 1. The molecule has 5 heteroatoms. The van der Waals surface area contributed by atoms with E-state index in [0.29, 0.717) is 17.9 Å². The van der Waals surface area contributed by atoms with Gasteiger partial charge < -0.3 is 20.3 Å². The minimum Gasteiger partial charge on any atom is -0.490 e. The Morgan fingerprint density at radius 3 is 2.72 bits per heavy atom. The highest BCUT2D eigenvalue weighted by Gasteiger charge is 2.11. The molecule has 0 aliphatic carbocycles. The second kappa shape index (κ2) is 7.31. The van der Waals surface area contributed by atoms with Crippen molar-refractivity contribution >= 4 is 0 Å². The van der Waals surface area contributed by atoms with E-state index in [0.717, 1.165) is 0 Å². The molecule has 0 aliphatic rings. The van der Waals surface area contributed by atoms with Crippen molar-refractivity contribution in [2.24, 2.45) is 5.73 Å². The summed E-state index contributed by atoms with van der Waals surface area (Å²) >= 11 is 0. The third kappa shape index (κ3) is 4.60. The molecule has 0 saturated heterocycles. The summed E-state index contributed by atoms with van der Waals surface area (Å²) in [6.45, 7) is 4.40. The molecule has 0 aromatic heterocycles. The molecule has 1 aromatic rings. The van der Waals surface area contributed by atoms with Gasteiger partial charge in [0.05, 0.1) is 6.61 Å². The van der Waals surface area contributed by atoms with Crippen molar-refractivity contribution in [3.8, 4) is 5.75 Å². The normalized spacial score (nSPS) is 14.3. The zero-order valence-electron chi connectivity index (χ0n) is 10.7. The van der Waals surface area contributed by atoms with Gasteiger partial charge in [-0.2, -0.15) is 0 Å². The maximum atomic E-state index is 13.1. The van der Waals surface area contributed by atoms with Gasteiger partial charge in [0.1, 0.15) is 24.3 Å². The average molecular weight is 257 g/mol. The van der Waals surface area contributed by atoms with Crippen molar-refractivity contribution in [1.82, 2.24) is 0 Å². The molecule has 18 heavy (non-hydrogen) atoms. The molecule has 0 amide bonds. The van der Waals surface area contributed by atoms with Crippen molar-refractivity contribution < 1.29 is 19.0 Å². The fourth-order valence-corrected chi connectivity index (χ4v) is 1.50. The van der Waals surface area contributed by atoms with Crippen LogP contribution in [0.2, 0.25) is 0 Å². The van der Waals surface area contributed by atoms with Crippen molar-refractivity contribution in [1.29, 1.82) is 0 Å². The summed E-state index contributed by atoms with van der Waals surface area (Å²) < 4.78 is 23.6. The Labute approximate surface area is 107 Å². The van der Waals surface area contributed by atoms with E-state index in [1.165, 1.54) is 12.1 Å². The van der Waals surface area contributed by atoms with Crippen LogP contribution in [0.3, 0.4) is 0 Å². The molecular formula is C13H20FNO3. The zero-order valence-corrected chi connectivity index (χ0v) is 10.7. The molecular weight excluding hydrogens is 237 g/mol. The molecule has 1 rings (SSSR count). The maximum absolute atomic E-state index is 13.1.